The van der Waals surface area contributed by atoms with E-state index in [4.69, 9.17) is 0 Å². The average Bonchev–Trinajstić information content (AvgIpc) is 3.18. The molecule has 0 saturated heterocycles. The molecule has 0 radical (unpaired) electrons. The van der Waals surface area contributed by atoms with E-state index in [0.29, 0.717) is 42.4 Å². The second-order valence-electron chi connectivity index (χ2n) is 9.10. The predicted octanol–water partition coefficient (Wildman–Crippen LogP) is 8.28. The van der Waals surface area contributed by atoms with Crippen molar-refractivity contribution >= 4 is 0 Å². The van der Waals surface area contributed by atoms with Gasteiger partial charge in [0.25, 0.3) is 0 Å². The van der Waals surface area contributed by atoms with Crippen molar-refractivity contribution in [3.05, 3.63) is 93.0 Å². The summed E-state index contributed by atoms with van der Waals surface area (Å²) in [6.45, 7) is 4.07. The summed E-state index contributed by atoms with van der Waals surface area (Å²) in [5, 5.41) is 0. The van der Waals surface area contributed by atoms with Crippen LogP contribution in [-0.4, -0.2) is 0 Å². The molecule has 0 N–H and O–H groups in total. The Bertz CT molecular complexity index is 1150. The lowest BCUT2D eigenvalue weighted by Gasteiger charge is -2.12. The Morgan fingerprint density at radius 2 is 1.09 bits per heavy atom. The van der Waals surface area contributed by atoms with Gasteiger partial charge in [-0.25, -0.2) is 17.6 Å². The van der Waals surface area contributed by atoms with Crippen molar-refractivity contribution in [2.75, 3.05) is 0 Å². The topological polar surface area (TPSA) is 0 Å². The van der Waals surface area contributed by atoms with Crippen LogP contribution in [-0.2, 0) is 32.1 Å². The Morgan fingerprint density at radius 3 is 1.61 bits per heavy atom. The van der Waals surface area contributed by atoms with Crippen molar-refractivity contribution < 1.29 is 17.6 Å². The van der Waals surface area contributed by atoms with Crippen molar-refractivity contribution in [1.29, 1.82) is 0 Å². The first kappa shape index (κ1) is 23.5. The highest BCUT2D eigenvalue weighted by Gasteiger charge is 2.31. The molecule has 0 saturated carbocycles. The monoisotopic (exact) mass is 454 g/mol. The summed E-state index contributed by atoms with van der Waals surface area (Å²) >= 11 is 0. The van der Waals surface area contributed by atoms with Crippen LogP contribution in [0.5, 0.6) is 0 Å². The number of hydrogen-bond acceptors (Lipinski definition) is 0. The maximum absolute atomic E-state index is 15.1. The van der Waals surface area contributed by atoms with Gasteiger partial charge in [0.1, 0.15) is 0 Å². The van der Waals surface area contributed by atoms with E-state index in [2.05, 4.69) is 19.1 Å². The molecule has 33 heavy (non-hydrogen) atoms. The molecule has 4 heteroatoms. The lowest BCUT2D eigenvalue weighted by atomic mass is 9.96. The Labute approximate surface area is 193 Å². The predicted molar refractivity (Wildman–Crippen MR) is 126 cm³/mol. The third kappa shape index (κ3) is 4.71. The second-order valence-corrected chi connectivity index (χ2v) is 9.10. The Kier molecular flexibility index (Phi) is 7.21. The number of rotatable bonds is 9. The quantitative estimate of drug-likeness (QED) is 0.176. The number of unbranched alkanes of at least 4 members (excludes halogenated alkanes) is 2. The zero-order valence-corrected chi connectivity index (χ0v) is 19.3. The summed E-state index contributed by atoms with van der Waals surface area (Å²) in [7, 11) is 0. The fraction of sp³-hybridized carbons (Fsp3) is 0.379. The standard InChI is InChI=1S/C29H30F4/c1-3-5-6-8-18-9-11-19(12-10-18)13-14-21-16-23-17-22-15-20(7-4-2)26(30)28(32)24(22)25(23)29(33)27(21)31/h9-12,15-16H,3-8,13-14,17H2,1-2H3. The zero-order valence-electron chi connectivity index (χ0n) is 19.3. The van der Waals surface area contributed by atoms with E-state index in [1.165, 1.54) is 24.8 Å². The van der Waals surface area contributed by atoms with Crippen molar-refractivity contribution in [2.24, 2.45) is 0 Å². The van der Waals surface area contributed by atoms with Gasteiger partial charge in [-0.3, -0.25) is 0 Å². The molecule has 0 nitrogen and oxygen atoms in total. The average molecular weight is 455 g/mol. The van der Waals surface area contributed by atoms with Crippen LogP contribution in [0.15, 0.2) is 36.4 Å². The van der Waals surface area contributed by atoms with Gasteiger partial charge in [-0.15, -0.1) is 0 Å². The molecule has 0 fully saturated rings. The summed E-state index contributed by atoms with van der Waals surface area (Å²) in [6, 6.07) is 11.5. The van der Waals surface area contributed by atoms with Crippen LogP contribution in [0, 0.1) is 23.3 Å². The summed E-state index contributed by atoms with van der Waals surface area (Å²) in [6.07, 6.45) is 6.92. The van der Waals surface area contributed by atoms with Gasteiger partial charge in [0, 0.05) is 11.1 Å². The van der Waals surface area contributed by atoms with Crippen molar-refractivity contribution in [3.63, 3.8) is 0 Å². The molecular weight excluding hydrogens is 424 g/mol. The third-order valence-electron chi connectivity index (χ3n) is 6.65. The highest BCUT2D eigenvalue weighted by molar-refractivity contribution is 5.79. The van der Waals surface area contributed by atoms with E-state index in [-0.39, 0.29) is 23.1 Å². The smallest absolute Gasteiger partial charge is 0.167 e. The molecule has 0 bridgehead atoms. The number of fused-ring (bicyclic) bond motifs is 3. The van der Waals surface area contributed by atoms with Gasteiger partial charge in [-0.05, 0) is 71.9 Å². The highest BCUT2D eigenvalue weighted by Crippen LogP contribution is 2.43. The van der Waals surface area contributed by atoms with Gasteiger partial charge in [-0.1, -0.05) is 69.5 Å². The normalized spacial score (nSPS) is 12.2. The van der Waals surface area contributed by atoms with Gasteiger partial charge < -0.3 is 0 Å². The second kappa shape index (κ2) is 10.1. The number of aryl methyl sites for hydroxylation is 4. The fourth-order valence-corrected chi connectivity index (χ4v) is 4.86. The molecule has 3 aromatic carbocycles. The van der Waals surface area contributed by atoms with Crippen LogP contribution >= 0.6 is 0 Å². The number of hydrogen-bond donors (Lipinski definition) is 0. The minimum Gasteiger partial charge on any atom is -0.203 e. The molecule has 0 aliphatic heterocycles. The maximum atomic E-state index is 15.1. The number of halogens is 4. The van der Waals surface area contributed by atoms with Gasteiger partial charge in [0.2, 0.25) is 0 Å². The van der Waals surface area contributed by atoms with Crippen LogP contribution < -0.4 is 0 Å². The van der Waals surface area contributed by atoms with E-state index in [1.54, 1.807) is 12.1 Å². The van der Waals surface area contributed by atoms with Crippen molar-refractivity contribution in [2.45, 2.75) is 71.6 Å². The van der Waals surface area contributed by atoms with Crippen molar-refractivity contribution in [3.8, 4) is 11.1 Å². The van der Waals surface area contributed by atoms with E-state index in [9.17, 15) is 13.2 Å². The SMILES string of the molecule is CCCCCc1ccc(CCc2cc3c(c(F)c2F)-c2c(cc(CCC)c(F)c2F)C3)cc1. The van der Waals surface area contributed by atoms with E-state index >= 15 is 4.39 Å². The summed E-state index contributed by atoms with van der Waals surface area (Å²) in [5.74, 6) is -4.06. The molecule has 1 aliphatic carbocycles. The molecule has 3 aromatic rings. The molecule has 0 unspecified atom stereocenters. The first-order valence-electron chi connectivity index (χ1n) is 12.0. The van der Waals surface area contributed by atoms with Gasteiger partial charge in [0.05, 0.1) is 0 Å². The first-order chi connectivity index (χ1) is 15.9. The molecule has 0 heterocycles. The van der Waals surface area contributed by atoms with Gasteiger partial charge >= 0.3 is 0 Å². The largest absolute Gasteiger partial charge is 0.203 e. The highest BCUT2D eigenvalue weighted by atomic mass is 19.2. The molecular formula is C29H30F4. The van der Waals surface area contributed by atoms with Crippen LogP contribution in [0.25, 0.3) is 11.1 Å². The molecule has 1 aliphatic rings. The molecule has 174 valence electrons. The maximum Gasteiger partial charge on any atom is 0.167 e. The minimum absolute atomic E-state index is 0.121. The fourth-order valence-electron chi connectivity index (χ4n) is 4.86. The third-order valence-corrected chi connectivity index (χ3v) is 6.65. The van der Waals surface area contributed by atoms with Gasteiger partial charge in [0.15, 0.2) is 23.3 Å². The summed E-state index contributed by atoms with van der Waals surface area (Å²) in [5.41, 5.74) is 3.73. The van der Waals surface area contributed by atoms with Crippen LogP contribution in [0.3, 0.4) is 0 Å². The molecule has 0 amide bonds. The molecule has 0 spiro atoms. The van der Waals surface area contributed by atoms with E-state index < -0.39 is 23.3 Å². The van der Waals surface area contributed by atoms with Crippen LogP contribution in [0.4, 0.5) is 17.6 Å². The Morgan fingerprint density at radius 1 is 0.576 bits per heavy atom. The first-order valence-corrected chi connectivity index (χ1v) is 12.0. The van der Waals surface area contributed by atoms with Crippen LogP contribution in [0.2, 0.25) is 0 Å². The van der Waals surface area contributed by atoms with E-state index in [0.717, 1.165) is 12.0 Å². The Hall–Kier alpha value is -2.62. The lowest BCUT2D eigenvalue weighted by Crippen LogP contribution is -2.02. The van der Waals surface area contributed by atoms with Crippen LogP contribution in [0.1, 0.15) is 72.9 Å². The van der Waals surface area contributed by atoms with Crippen molar-refractivity contribution in [1.82, 2.24) is 0 Å². The number of benzene rings is 3. The molecule has 0 atom stereocenters. The minimum atomic E-state index is -1.07. The Balaban J connectivity index is 1.55. The molecule has 0 aromatic heterocycles. The van der Waals surface area contributed by atoms with Gasteiger partial charge in [-0.2, -0.15) is 0 Å². The lowest BCUT2D eigenvalue weighted by molar-refractivity contribution is 0.491. The summed E-state index contributed by atoms with van der Waals surface area (Å²) < 4.78 is 59.3. The van der Waals surface area contributed by atoms with E-state index in [1.807, 2.05) is 19.1 Å². The zero-order chi connectivity index (χ0) is 23.5. The summed E-state index contributed by atoms with van der Waals surface area (Å²) in [4.78, 5) is 0. The molecule has 4 rings (SSSR count).